The van der Waals surface area contributed by atoms with Gasteiger partial charge in [0, 0.05) is 0 Å². The van der Waals surface area contributed by atoms with Gasteiger partial charge in [-0.25, -0.2) is 0 Å². The highest BCUT2D eigenvalue weighted by molar-refractivity contribution is 7.80. The van der Waals surface area contributed by atoms with Gasteiger partial charge in [0.2, 0.25) is 0 Å². The zero-order chi connectivity index (χ0) is 12.2. The van der Waals surface area contributed by atoms with Crippen molar-refractivity contribution in [1.82, 2.24) is 0 Å². The fourth-order valence-corrected chi connectivity index (χ4v) is 2.88. The molecular formula is C14H28OS. The lowest BCUT2D eigenvalue weighted by Gasteiger charge is -2.32. The molecule has 1 fully saturated rings. The topological polar surface area (TPSA) is 9.23 Å². The number of rotatable bonds is 4. The lowest BCUT2D eigenvalue weighted by atomic mass is 9.82. The summed E-state index contributed by atoms with van der Waals surface area (Å²) >= 11 is 4.44. The predicted molar refractivity (Wildman–Crippen MR) is 74.2 cm³/mol. The third-order valence-electron chi connectivity index (χ3n) is 3.94. The quantitative estimate of drug-likeness (QED) is 0.730. The van der Waals surface area contributed by atoms with E-state index in [9.17, 15) is 0 Å². The molecule has 16 heavy (non-hydrogen) atoms. The minimum atomic E-state index is 0.309. The molecule has 0 bridgehead atoms. The van der Waals surface area contributed by atoms with E-state index in [-0.39, 0.29) is 0 Å². The Morgan fingerprint density at radius 1 is 1.19 bits per heavy atom. The molecule has 96 valence electrons. The van der Waals surface area contributed by atoms with E-state index in [1.807, 2.05) is 0 Å². The average molecular weight is 244 g/mol. The van der Waals surface area contributed by atoms with Gasteiger partial charge in [0.25, 0.3) is 0 Å². The van der Waals surface area contributed by atoms with Crippen molar-refractivity contribution in [2.24, 2.45) is 17.3 Å². The zero-order valence-corrected chi connectivity index (χ0v) is 12.2. The Balaban J connectivity index is 2.28. The number of ether oxygens (including phenoxy) is 1. The first-order chi connectivity index (χ1) is 7.43. The van der Waals surface area contributed by atoms with Crippen molar-refractivity contribution >= 4 is 12.6 Å². The molecule has 1 aliphatic carbocycles. The molecule has 1 rings (SSSR count). The lowest BCUT2D eigenvalue weighted by molar-refractivity contribution is -0.0143. The normalized spacial score (nSPS) is 29.1. The van der Waals surface area contributed by atoms with Crippen molar-refractivity contribution in [2.75, 3.05) is 12.4 Å². The molecule has 1 aliphatic rings. The molecule has 2 heteroatoms. The summed E-state index contributed by atoms with van der Waals surface area (Å²) in [5, 5.41) is 0. The van der Waals surface area contributed by atoms with Crippen molar-refractivity contribution in [3.05, 3.63) is 0 Å². The number of hydrogen-bond acceptors (Lipinski definition) is 2. The molecule has 0 N–H and O–H groups in total. The molecule has 0 spiro atoms. The highest BCUT2D eigenvalue weighted by Crippen LogP contribution is 2.30. The second-order valence-corrected chi connectivity index (χ2v) is 6.83. The van der Waals surface area contributed by atoms with Crippen LogP contribution in [0.3, 0.4) is 0 Å². The summed E-state index contributed by atoms with van der Waals surface area (Å²) in [6.45, 7) is 10.1. The Kier molecular flexibility index (Phi) is 5.66. The number of hydrogen-bond donors (Lipinski definition) is 1. The molecule has 1 nitrogen and oxygen atoms in total. The van der Waals surface area contributed by atoms with Crippen LogP contribution >= 0.6 is 12.6 Å². The standard InChI is InChI=1S/C14H28OS/c1-11-5-7-13(8-6-11)15-9-12(10-16)14(2,3)4/h11-13,16H,5-10H2,1-4H3. The summed E-state index contributed by atoms with van der Waals surface area (Å²) in [5.74, 6) is 2.39. The molecule has 0 saturated heterocycles. The molecule has 0 aliphatic heterocycles. The van der Waals surface area contributed by atoms with Crippen molar-refractivity contribution in [3.63, 3.8) is 0 Å². The first kappa shape index (κ1) is 14.4. The van der Waals surface area contributed by atoms with Crippen LogP contribution < -0.4 is 0 Å². The second-order valence-electron chi connectivity index (χ2n) is 6.46. The molecule has 1 atom stereocenters. The highest BCUT2D eigenvalue weighted by atomic mass is 32.1. The minimum Gasteiger partial charge on any atom is -0.378 e. The van der Waals surface area contributed by atoms with Gasteiger partial charge >= 0.3 is 0 Å². The van der Waals surface area contributed by atoms with Gasteiger partial charge in [0.15, 0.2) is 0 Å². The smallest absolute Gasteiger partial charge is 0.0575 e. The van der Waals surface area contributed by atoms with Crippen molar-refractivity contribution in [3.8, 4) is 0 Å². The van der Waals surface area contributed by atoms with Gasteiger partial charge in [0.05, 0.1) is 12.7 Å². The highest BCUT2D eigenvalue weighted by Gasteiger charge is 2.25. The SMILES string of the molecule is CC1CCC(OCC(CS)C(C)(C)C)CC1. The van der Waals surface area contributed by atoms with E-state index in [1.54, 1.807) is 0 Å². The zero-order valence-electron chi connectivity index (χ0n) is 11.3. The molecule has 0 aromatic rings. The van der Waals surface area contributed by atoms with Crippen molar-refractivity contribution in [2.45, 2.75) is 59.5 Å². The third-order valence-corrected chi connectivity index (χ3v) is 4.38. The van der Waals surface area contributed by atoms with Crippen molar-refractivity contribution in [1.29, 1.82) is 0 Å². The van der Waals surface area contributed by atoms with Crippen LogP contribution in [0.15, 0.2) is 0 Å². The van der Waals surface area contributed by atoms with Crippen LogP contribution in [-0.2, 0) is 4.74 Å². The average Bonchev–Trinajstić information content (AvgIpc) is 2.19. The fraction of sp³-hybridized carbons (Fsp3) is 1.00. The summed E-state index contributed by atoms with van der Waals surface area (Å²) in [4.78, 5) is 0. The Bertz CT molecular complexity index is 189. The van der Waals surface area contributed by atoms with Crippen LogP contribution in [-0.4, -0.2) is 18.5 Å². The van der Waals surface area contributed by atoms with Gasteiger partial charge in [0.1, 0.15) is 0 Å². The van der Waals surface area contributed by atoms with Gasteiger partial charge < -0.3 is 4.74 Å². The molecule has 0 aromatic carbocycles. The fourth-order valence-electron chi connectivity index (χ4n) is 2.22. The first-order valence-electron chi connectivity index (χ1n) is 6.66. The van der Waals surface area contributed by atoms with Crippen LogP contribution in [0, 0.1) is 17.3 Å². The van der Waals surface area contributed by atoms with Gasteiger partial charge in [-0.1, -0.05) is 27.7 Å². The molecule has 0 heterocycles. The third kappa shape index (κ3) is 4.67. The van der Waals surface area contributed by atoms with E-state index < -0.39 is 0 Å². The molecule has 0 aromatic heterocycles. The maximum absolute atomic E-state index is 6.06. The summed E-state index contributed by atoms with van der Waals surface area (Å²) in [7, 11) is 0. The summed E-state index contributed by atoms with van der Waals surface area (Å²) in [6, 6.07) is 0. The van der Waals surface area contributed by atoms with E-state index in [0.717, 1.165) is 18.3 Å². The van der Waals surface area contributed by atoms with Gasteiger partial charge in [-0.2, -0.15) is 12.6 Å². The van der Waals surface area contributed by atoms with E-state index in [4.69, 9.17) is 4.74 Å². The predicted octanol–water partition coefficient (Wildman–Crippen LogP) is 4.17. The second kappa shape index (κ2) is 6.30. The van der Waals surface area contributed by atoms with Crippen LogP contribution in [0.2, 0.25) is 0 Å². The van der Waals surface area contributed by atoms with Gasteiger partial charge in [-0.3, -0.25) is 0 Å². The van der Waals surface area contributed by atoms with Crippen LogP contribution in [0.25, 0.3) is 0 Å². The summed E-state index contributed by atoms with van der Waals surface area (Å²) in [5.41, 5.74) is 0.309. The monoisotopic (exact) mass is 244 g/mol. The Morgan fingerprint density at radius 3 is 2.19 bits per heavy atom. The van der Waals surface area contributed by atoms with Crippen LogP contribution in [0.1, 0.15) is 53.4 Å². The molecular weight excluding hydrogens is 216 g/mol. The van der Waals surface area contributed by atoms with Crippen molar-refractivity contribution < 1.29 is 4.74 Å². The molecule has 1 saturated carbocycles. The van der Waals surface area contributed by atoms with E-state index in [1.165, 1.54) is 25.7 Å². The minimum absolute atomic E-state index is 0.309. The van der Waals surface area contributed by atoms with Gasteiger partial charge in [-0.05, 0) is 48.7 Å². The summed E-state index contributed by atoms with van der Waals surface area (Å²) < 4.78 is 6.06. The molecule has 0 radical (unpaired) electrons. The van der Waals surface area contributed by atoms with Gasteiger partial charge in [-0.15, -0.1) is 0 Å². The molecule has 1 unspecified atom stereocenters. The Labute approximate surface area is 107 Å². The van der Waals surface area contributed by atoms with E-state index in [0.29, 0.717) is 17.4 Å². The first-order valence-corrected chi connectivity index (χ1v) is 7.29. The Hall–Kier alpha value is 0.310. The maximum atomic E-state index is 6.06. The lowest BCUT2D eigenvalue weighted by Crippen LogP contribution is -2.30. The van der Waals surface area contributed by atoms with E-state index in [2.05, 4.69) is 40.3 Å². The van der Waals surface area contributed by atoms with E-state index >= 15 is 0 Å². The maximum Gasteiger partial charge on any atom is 0.0575 e. The Morgan fingerprint density at radius 2 is 1.75 bits per heavy atom. The number of thiol groups is 1. The van der Waals surface area contributed by atoms with Crippen LogP contribution in [0.5, 0.6) is 0 Å². The summed E-state index contributed by atoms with van der Waals surface area (Å²) in [6.07, 6.45) is 5.70. The van der Waals surface area contributed by atoms with Crippen LogP contribution in [0.4, 0.5) is 0 Å². The largest absolute Gasteiger partial charge is 0.378 e. The molecule has 0 amide bonds.